The smallest absolute Gasteiger partial charge is 0.258 e. The average molecular weight is 437 g/mol. The van der Waals surface area contributed by atoms with Crippen molar-refractivity contribution in [1.82, 2.24) is 0 Å². The Morgan fingerprint density at radius 2 is 1.71 bits per heavy atom. The normalized spacial score (nSPS) is 12.3. The van der Waals surface area contributed by atoms with Crippen molar-refractivity contribution in [2.75, 3.05) is 31.0 Å². The van der Waals surface area contributed by atoms with Crippen molar-refractivity contribution < 1.29 is 19.1 Å². The summed E-state index contributed by atoms with van der Waals surface area (Å²) >= 11 is 6.19. The molecule has 1 N–H and O–H groups in total. The van der Waals surface area contributed by atoms with E-state index in [1.807, 2.05) is 24.3 Å². The molecule has 3 aromatic rings. The van der Waals surface area contributed by atoms with Crippen LogP contribution in [0.15, 0.2) is 60.7 Å². The molecule has 0 aromatic heterocycles. The Hall–Kier alpha value is -3.51. The topological polar surface area (TPSA) is 67.9 Å². The van der Waals surface area contributed by atoms with Crippen molar-refractivity contribution in [3.63, 3.8) is 0 Å². The van der Waals surface area contributed by atoms with Gasteiger partial charge in [-0.2, -0.15) is 0 Å². The maximum atomic E-state index is 12.9. The molecule has 0 atom stereocenters. The molecule has 0 aliphatic carbocycles. The van der Waals surface area contributed by atoms with Gasteiger partial charge in [0.2, 0.25) is 0 Å². The van der Waals surface area contributed by atoms with E-state index < -0.39 is 0 Å². The number of amides is 2. The third-order valence-corrected chi connectivity index (χ3v) is 5.50. The van der Waals surface area contributed by atoms with Crippen LogP contribution in [-0.2, 0) is 6.42 Å². The van der Waals surface area contributed by atoms with Crippen LogP contribution in [0.4, 0.5) is 11.4 Å². The predicted molar refractivity (Wildman–Crippen MR) is 121 cm³/mol. The van der Waals surface area contributed by atoms with E-state index in [1.54, 1.807) is 35.2 Å². The molecule has 0 radical (unpaired) electrons. The number of benzene rings is 3. The van der Waals surface area contributed by atoms with Crippen LogP contribution < -0.4 is 19.7 Å². The lowest BCUT2D eigenvalue weighted by molar-refractivity contribution is 0.0988. The average Bonchev–Trinajstić information content (AvgIpc) is 3.22. The lowest BCUT2D eigenvalue weighted by atomic mass is 10.1. The Morgan fingerprint density at radius 3 is 2.42 bits per heavy atom. The number of nitrogens with zero attached hydrogens (tertiary/aromatic N) is 1. The Kier molecular flexibility index (Phi) is 5.82. The van der Waals surface area contributed by atoms with E-state index in [1.165, 1.54) is 25.8 Å². The van der Waals surface area contributed by atoms with Crippen LogP contribution in [0.1, 0.15) is 26.3 Å². The molecule has 0 bridgehead atoms. The van der Waals surface area contributed by atoms with E-state index in [0.29, 0.717) is 34.9 Å². The van der Waals surface area contributed by atoms with Gasteiger partial charge in [-0.3, -0.25) is 9.59 Å². The number of anilines is 2. The number of ether oxygens (including phenoxy) is 2. The molecule has 0 spiro atoms. The molecule has 0 saturated heterocycles. The molecule has 0 saturated carbocycles. The first-order valence-electron chi connectivity index (χ1n) is 9.74. The summed E-state index contributed by atoms with van der Waals surface area (Å²) in [5.41, 5.74) is 3.58. The standard InChI is InChI=1S/C24H21ClN2O4/c1-30-21-14-17(13-19(25)22(21)31-2)23(28)26-18-9-7-16(8-10-18)24(29)27-12-11-15-5-3-4-6-20(15)27/h3-10,13-14H,11-12H2,1-2H3,(H,26,28). The highest BCUT2D eigenvalue weighted by Gasteiger charge is 2.25. The zero-order valence-electron chi connectivity index (χ0n) is 17.1. The minimum Gasteiger partial charge on any atom is -0.493 e. The maximum Gasteiger partial charge on any atom is 0.258 e. The van der Waals surface area contributed by atoms with Gasteiger partial charge in [0.1, 0.15) is 0 Å². The van der Waals surface area contributed by atoms with Crippen molar-refractivity contribution in [3.8, 4) is 11.5 Å². The largest absolute Gasteiger partial charge is 0.493 e. The molecule has 0 fully saturated rings. The second-order valence-electron chi connectivity index (χ2n) is 7.06. The molecular weight excluding hydrogens is 416 g/mol. The molecule has 4 rings (SSSR count). The second kappa shape index (κ2) is 8.70. The van der Waals surface area contributed by atoms with Crippen molar-refractivity contribution >= 4 is 34.8 Å². The van der Waals surface area contributed by atoms with Gasteiger partial charge in [-0.05, 0) is 54.4 Å². The van der Waals surface area contributed by atoms with Crippen LogP contribution >= 0.6 is 11.6 Å². The van der Waals surface area contributed by atoms with Crippen molar-refractivity contribution in [2.24, 2.45) is 0 Å². The lowest BCUT2D eigenvalue weighted by Gasteiger charge is -2.17. The second-order valence-corrected chi connectivity index (χ2v) is 7.47. The first kappa shape index (κ1) is 20.8. The van der Waals surface area contributed by atoms with Gasteiger partial charge < -0.3 is 19.7 Å². The van der Waals surface area contributed by atoms with Crippen LogP contribution in [0.5, 0.6) is 11.5 Å². The lowest BCUT2D eigenvalue weighted by Crippen LogP contribution is -2.28. The number of halogens is 1. The first-order chi connectivity index (χ1) is 15.0. The molecule has 7 heteroatoms. The number of carbonyl (C=O) groups excluding carboxylic acids is 2. The van der Waals surface area contributed by atoms with Gasteiger partial charge in [-0.25, -0.2) is 0 Å². The Labute approximate surface area is 185 Å². The van der Waals surface area contributed by atoms with Crippen molar-refractivity contribution in [2.45, 2.75) is 6.42 Å². The van der Waals surface area contributed by atoms with Crippen molar-refractivity contribution in [1.29, 1.82) is 0 Å². The Balaban J connectivity index is 1.49. The fourth-order valence-corrected chi connectivity index (χ4v) is 3.94. The number of fused-ring (bicyclic) bond motifs is 1. The number of rotatable bonds is 5. The van der Waals surface area contributed by atoms with Crippen LogP contribution in [0, 0.1) is 0 Å². The molecule has 3 aromatic carbocycles. The van der Waals surface area contributed by atoms with Gasteiger partial charge in [-0.15, -0.1) is 0 Å². The first-order valence-corrected chi connectivity index (χ1v) is 10.1. The summed E-state index contributed by atoms with van der Waals surface area (Å²) in [6.45, 7) is 0.663. The highest BCUT2D eigenvalue weighted by Crippen LogP contribution is 2.36. The SMILES string of the molecule is COc1cc(C(=O)Nc2ccc(C(=O)N3CCc4ccccc43)cc2)cc(Cl)c1OC. The van der Waals surface area contributed by atoms with Gasteiger partial charge in [0, 0.05) is 29.0 Å². The number of methoxy groups -OCH3 is 2. The van der Waals surface area contributed by atoms with E-state index in [4.69, 9.17) is 21.1 Å². The molecule has 1 aliphatic rings. The van der Waals surface area contributed by atoms with E-state index in [-0.39, 0.29) is 16.8 Å². The third-order valence-electron chi connectivity index (χ3n) is 5.22. The minimum atomic E-state index is -0.351. The van der Waals surface area contributed by atoms with Gasteiger partial charge >= 0.3 is 0 Å². The highest BCUT2D eigenvalue weighted by atomic mass is 35.5. The number of carbonyl (C=O) groups is 2. The molecule has 6 nitrogen and oxygen atoms in total. The summed E-state index contributed by atoms with van der Waals surface area (Å²) in [6.07, 6.45) is 0.851. The molecule has 1 aliphatic heterocycles. The fourth-order valence-electron chi connectivity index (χ4n) is 3.65. The van der Waals surface area contributed by atoms with Crippen LogP contribution in [0.2, 0.25) is 5.02 Å². The monoisotopic (exact) mass is 436 g/mol. The molecule has 2 amide bonds. The summed E-state index contributed by atoms with van der Waals surface area (Å²) < 4.78 is 10.4. The predicted octanol–water partition coefficient (Wildman–Crippen LogP) is 4.81. The number of para-hydroxylation sites is 1. The summed E-state index contributed by atoms with van der Waals surface area (Å²) in [7, 11) is 2.96. The molecule has 31 heavy (non-hydrogen) atoms. The van der Waals surface area contributed by atoms with Crippen LogP contribution in [0.25, 0.3) is 0 Å². The zero-order chi connectivity index (χ0) is 22.0. The summed E-state index contributed by atoms with van der Waals surface area (Å²) in [5.74, 6) is 0.323. The van der Waals surface area contributed by atoms with Crippen LogP contribution in [-0.4, -0.2) is 32.6 Å². The number of hydrogen-bond acceptors (Lipinski definition) is 4. The minimum absolute atomic E-state index is 0.0606. The Bertz CT molecular complexity index is 1140. The molecule has 158 valence electrons. The number of nitrogens with one attached hydrogen (secondary N) is 1. The van der Waals surface area contributed by atoms with Gasteiger partial charge in [0.05, 0.1) is 19.2 Å². The third kappa shape index (κ3) is 4.07. The summed E-state index contributed by atoms with van der Waals surface area (Å²) in [4.78, 5) is 27.4. The fraction of sp³-hybridized carbons (Fsp3) is 0.167. The van der Waals surface area contributed by atoms with Crippen LogP contribution in [0.3, 0.4) is 0 Å². The van der Waals surface area contributed by atoms with Gasteiger partial charge in [0.25, 0.3) is 11.8 Å². The highest BCUT2D eigenvalue weighted by molar-refractivity contribution is 6.32. The molecule has 1 heterocycles. The quantitative estimate of drug-likeness (QED) is 0.623. The zero-order valence-corrected chi connectivity index (χ0v) is 17.9. The summed E-state index contributed by atoms with van der Waals surface area (Å²) in [6, 6.07) is 17.8. The summed E-state index contributed by atoms with van der Waals surface area (Å²) in [5, 5.41) is 3.08. The van der Waals surface area contributed by atoms with E-state index >= 15 is 0 Å². The van der Waals surface area contributed by atoms with Gasteiger partial charge in [0.15, 0.2) is 11.5 Å². The Morgan fingerprint density at radius 1 is 0.968 bits per heavy atom. The molecular formula is C24H21ClN2O4. The van der Waals surface area contributed by atoms with E-state index in [9.17, 15) is 9.59 Å². The maximum absolute atomic E-state index is 12.9. The van der Waals surface area contributed by atoms with Crippen molar-refractivity contribution in [3.05, 3.63) is 82.4 Å². The molecule has 0 unspecified atom stereocenters. The van der Waals surface area contributed by atoms with Gasteiger partial charge in [-0.1, -0.05) is 29.8 Å². The number of hydrogen-bond donors (Lipinski definition) is 1. The van der Waals surface area contributed by atoms with E-state index in [0.717, 1.165) is 12.1 Å². The van der Waals surface area contributed by atoms with E-state index in [2.05, 4.69) is 5.32 Å².